The maximum Gasteiger partial charge on any atom is 0.410 e. The lowest BCUT2D eigenvalue weighted by Gasteiger charge is -2.36. The molecule has 2 N–H and O–H groups in total. The van der Waals surface area contributed by atoms with E-state index in [1.54, 1.807) is 56.9 Å². The first-order chi connectivity index (χ1) is 20.1. The third kappa shape index (κ3) is 8.64. The SMILES string of the molecule is CC(=O)C(C(C)=O)c1cccc(CNC(=O)[C@@H]2CCC3CCCC[C@H](NC(=O)[C@H](C)N(C)C(=O)OC(C)(C)C)C(=O)N32)c1. The van der Waals surface area contributed by atoms with Crippen LogP contribution in [0.3, 0.4) is 0 Å². The predicted molar refractivity (Wildman–Crippen MR) is 160 cm³/mol. The lowest BCUT2D eigenvalue weighted by atomic mass is 9.91. The molecule has 0 radical (unpaired) electrons. The molecule has 1 unspecified atom stereocenters. The fourth-order valence-corrected chi connectivity index (χ4v) is 5.83. The molecule has 4 atom stereocenters. The third-order valence-electron chi connectivity index (χ3n) is 8.16. The number of nitrogens with one attached hydrogen (secondary N) is 2. The van der Waals surface area contributed by atoms with Gasteiger partial charge in [0.2, 0.25) is 17.7 Å². The number of nitrogens with zero attached hydrogens (tertiary/aromatic N) is 2. The van der Waals surface area contributed by atoms with Crippen molar-refractivity contribution in [2.45, 2.75) is 122 Å². The fraction of sp³-hybridized carbons (Fsp3) is 0.625. The molecular formula is C32H46N4O7. The van der Waals surface area contributed by atoms with Crippen molar-refractivity contribution in [1.29, 1.82) is 0 Å². The van der Waals surface area contributed by atoms with E-state index in [2.05, 4.69) is 10.6 Å². The van der Waals surface area contributed by atoms with Crippen molar-refractivity contribution in [3.05, 3.63) is 35.4 Å². The van der Waals surface area contributed by atoms with Crippen LogP contribution in [0.15, 0.2) is 24.3 Å². The second kappa shape index (κ2) is 14.1. The Morgan fingerprint density at radius 1 is 1.02 bits per heavy atom. The standard InChI is InChI=1S/C32H46N4O7/c1-19(35(7)31(42)43-32(4,5)6)28(39)34-25-14-9-8-13-24-15-16-26(36(24)30(25)41)29(40)33-18-22-11-10-12-23(17-22)27(20(2)37)21(3)38/h10-12,17,19,24-27H,8-9,13-16,18H2,1-7H3,(H,33,40)(H,34,39)/t19-,24?,25-,26-/m0/s1. The van der Waals surface area contributed by atoms with Gasteiger partial charge in [-0.2, -0.15) is 0 Å². The molecule has 2 aliphatic rings. The van der Waals surface area contributed by atoms with Crippen LogP contribution in [0.2, 0.25) is 0 Å². The Morgan fingerprint density at radius 2 is 1.67 bits per heavy atom. The zero-order valence-corrected chi connectivity index (χ0v) is 26.4. The molecule has 11 heteroatoms. The Hall–Kier alpha value is -3.76. The van der Waals surface area contributed by atoms with Crippen molar-refractivity contribution < 1.29 is 33.5 Å². The fourth-order valence-electron chi connectivity index (χ4n) is 5.83. The van der Waals surface area contributed by atoms with E-state index in [1.807, 2.05) is 0 Å². The van der Waals surface area contributed by atoms with Crippen molar-refractivity contribution >= 4 is 35.4 Å². The van der Waals surface area contributed by atoms with Crippen LogP contribution < -0.4 is 10.6 Å². The van der Waals surface area contributed by atoms with Crippen molar-refractivity contribution in [2.24, 2.45) is 0 Å². The van der Waals surface area contributed by atoms with Gasteiger partial charge in [0, 0.05) is 19.6 Å². The van der Waals surface area contributed by atoms with Crippen LogP contribution >= 0.6 is 0 Å². The zero-order chi connectivity index (χ0) is 32.1. The van der Waals surface area contributed by atoms with Gasteiger partial charge < -0.3 is 20.3 Å². The molecule has 2 aliphatic heterocycles. The summed E-state index contributed by atoms with van der Waals surface area (Å²) in [6.45, 7) is 9.74. The van der Waals surface area contributed by atoms with Gasteiger partial charge in [-0.15, -0.1) is 0 Å². The molecule has 0 bridgehead atoms. The van der Waals surface area contributed by atoms with Crippen LogP contribution in [0.4, 0.5) is 4.79 Å². The topological polar surface area (TPSA) is 142 Å². The highest BCUT2D eigenvalue weighted by atomic mass is 16.6. The normalized spacial score (nSPS) is 21.3. The molecule has 43 heavy (non-hydrogen) atoms. The summed E-state index contributed by atoms with van der Waals surface area (Å²) in [5.41, 5.74) is 0.600. The van der Waals surface area contributed by atoms with Crippen LogP contribution in [-0.2, 0) is 35.3 Å². The molecule has 2 fully saturated rings. The Bertz CT molecular complexity index is 1230. The third-order valence-corrected chi connectivity index (χ3v) is 8.16. The van der Waals surface area contributed by atoms with E-state index in [4.69, 9.17) is 4.74 Å². The van der Waals surface area contributed by atoms with Gasteiger partial charge in [-0.3, -0.25) is 28.9 Å². The molecule has 4 amide bonds. The first kappa shape index (κ1) is 33.7. The van der Waals surface area contributed by atoms with Gasteiger partial charge in [-0.25, -0.2) is 4.79 Å². The van der Waals surface area contributed by atoms with E-state index in [0.29, 0.717) is 24.8 Å². The molecule has 0 aromatic heterocycles. The molecule has 0 spiro atoms. The summed E-state index contributed by atoms with van der Waals surface area (Å²) >= 11 is 0. The summed E-state index contributed by atoms with van der Waals surface area (Å²) in [7, 11) is 1.48. The number of amides is 4. The van der Waals surface area contributed by atoms with Gasteiger partial charge >= 0.3 is 6.09 Å². The highest BCUT2D eigenvalue weighted by Gasteiger charge is 2.44. The van der Waals surface area contributed by atoms with E-state index >= 15 is 0 Å². The Balaban J connectivity index is 1.69. The van der Waals surface area contributed by atoms with Gasteiger partial charge in [0.1, 0.15) is 41.2 Å². The minimum atomic E-state index is -0.872. The number of rotatable bonds is 9. The number of hydrogen-bond acceptors (Lipinski definition) is 7. The Kier molecular flexibility index (Phi) is 11.1. The second-order valence-corrected chi connectivity index (χ2v) is 12.7. The van der Waals surface area contributed by atoms with E-state index in [0.717, 1.165) is 24.8 Å². The maximum atomic E-state index is 13.8. The van der Waals surface area contributed by atoms with E-state index in [1.165, 1.54) is 25.8 Å². The van der Waals surface area contributed by atoms with Crippen LogP contribution in [0.5, 0.6) is 0 Å². The van der Waals surface area contributed by atoms with Crippen molar-refractivity contribution in [3.8, 4) is 0 Å². The number of carbonyl (C=O) groups is 6. The average Bonchev–Trinajstić information content (AvgIpc) is 3.33. The second-order valence-electron chi connectivity index (χ2n) is 12.7. The van der Waals surface area contributed by atoms with Gasteiger partial charge in [-0.05, 0) is 78.4 Å². The number of hydrogen-bond donors (Lipinski definition) is 2. The van der Waals surface area contributed by atoms with Gasteiger partial charge in [0.15, 0.2) is 0 Å². The lowest BCUT2D eigenvalue weighted by molar-refractivity contribution is -0.144. The number of fused-ring (bicyclic) bond motifs is 1. The first-order valence-electron chi connectivity index (χ1n) is 15.1. The zero-order valence-electron chi connectivity index (χ0n) is 26.4. The molecular weight excluding hydrogens is 552 g/mol. The molecule has 1 aromatic rings. The van der Waals surface area contributed by atoms with Gasteiger partial charge in [-0.1, -0.05) is 37.1 Å². The van der Waals surface area contributed by atoms with Gasteiger partial charge in [0.05, 0.1) is 0 Å². The van der Waals surface area contributed by atoms with E-state index in [9.17, 15) is 28.8 Å². The van der Waals surface area contributed by atoms with Crippen molar-refractivity contribution in [2.75, 3.05) is 7.05 Å². The smallest absolute Gasteiger partial charge is 0.410 e. The van der Waals surface area contributed by atoms with Crippen molar-refractivity contribution in [3.63, 3.8) is 0 Å². The summed E-state index contributed by atoms with van der Waals surface area (Å²) in [5, 5.41) is 5.76. The summed E-state index contributed by atoms with van der Waals surface area (Å²) < 4.78 is 5.37. The molecule has 236 valence electrons. The Labute approximate surface area is 254 Å². The number of benzene rings is 1. The number of likely N-dealkylation sites (N-methyl/N-ethyl adjacent to an activating group) is 1. The molecule has 1 aromatic carbocycles. The van der Waals surface area contributed by atoms with Crippen molar-refractivity contribution in [1.82, 2.24) is 20.4 Å². The first-order valence-corrected chi connectivity index (χ1v) is 15.1. The highest BCUT2D eigenvalue weighted by molar-refractivity contribution is 6.05. The minimum Gasteiger partial charge on any atom is -0.444 e. The van der Waals surface area contributed by atoms with Crippen LogP contribution in [0, 0.1) is 0 Å². The van der Waals surface area contributed by atoms with Crippen LogP contribution in [0.25, 0.3) is 0 Å². The highest BCUT2D eigenvalue weighted by Crippen LogP contribution is 2.31. The molecule has 0 aliphatic carbocycles. The quantitative estimate of drug-likeness (QED) is 0.416. The summed E-state index contributed by atoms with van der Waals surface area (Å²) in [6, 6.07) is 4.56. The van der Waals surface area contributed by atoms with E-state index < -0.39 is 41.6 Å². The average molecular weight is 599 g/mol. The molecule has 0 saturated carbocycles. The maximum absolute atomic E-state index is 13.8. The predicted octanol–water partition coefficient (Wildman–Crippen LogP) is 3.24. The molecule has 11 nitrogen and oxygen atoms in total. The minimum absolute atomic E-state index is 0.0972. The summed E-state index contributed by atoms with van der Waals surface area (Å²) in [5.74, 6) is -2.39. The monoisotopic (exact) mass is 598 g/mol. The molecule has 2 heterocycles. The number of ether oxygens (including phenoxy) is 1. The number of Topliss-reactive ketones (excluding diaryl/α,β-unsaturated/α-hetero) is 2. The van der Waals surface area contributed by atoms with Gasteiger partial charge in [0.25, 0.3) is 0 Å². The number of ketones is 2. The van der Waals surface area contributed by atoms with Crippen LogP contribution in [0.1, 0.15) is 97.1 Å². The summed E-state index contributed by atoms with van der Waals surface area (Å²) in [6.07, 6.45) is 3.40. The van der Waals surface area contributed by atoms with Crippen LogP contribution in [-0.4, -0.2) is 82.0 Å². The molecule has 3 rings (SSSR count). The number of carbonyl (C=O) groups excluding carboxylic acids is 6. The summed E-state index contributed by atoms with van der Waals surface area (Å²) in [4.78, 5) is 79.7. The van der Waals surface area contributed by atoms with E-state index in [-0.39, 0.29) is 36.0 Å². The Morgan fingerprint density at radius 3 is 2.30 bits per heavy atom. The largest absolute Gasteiger partial charge is 0.444 e. The lowest BCUT2D eigenvalue weighted by Crippen LogP contribution is -2.58. The molecule has 2 saturated heterocycles.